The summed E-state index contributed by atoms with van der Waals surface area (Å²) in [6.07, 6.45) is 1.70. The molecule has 0 aliphatic carbocycles. The largest absolute Gasteiger partial charge is 0.378 e. The summed E-state index contributed by atoms with van der Waals surface area (Å²) in [5.74, 6) is 1.09. The number of rotatable bonds is 4. The maximum absolute atomic E-state index is 12.9. The Morgan fingerprint density at radius 2 is 2.04 bits per heavy atom. The normalized spacial score (nSPS) is 14.2. The lowest BCUT2D eigenvalue weighted by atomic mass is 10.1. The molecule has 0 saturated carbocycles. The zero-order valence-corrected chi connectivity index (χ0v) is 14.9. The predicted octanol–water partition coefficient (Wildman–Crippen LogP) is 1.36. The average Bonchev–Trinajstić information content (AvgIpc) is 3.15. The van der Waals surface area contributed by atoms with Crippen LogP contribution in [0, 0.1) is 0 Å². The summed E-state index contributed by atoms with van der Waals surface area (Å²) in [5.41, 5.74) is 2.02. The number of aromatic nitrogens is 5. The number of morpholine rings is 1. The Morgan fingerprint density at radius 1 is 1.19 bits per heavy atom. The third kappa shape index (κ3) is 3.63. The second kappa shape index (κ2) is 7.50. The molecule has 138 valence electrons. The van der Waals surface area contributed by atoms with Gasteiger partial charge in [-0.15, -0.1) is 5.10 Å². The van der Waals surface area contributed by atoms with E-state index in [-0.39, 0.29) is 5.91 Å². The highest BCUT2D eigenvalue weighted by Crippen LogP contribution is 2.23. The van der Waals surface area contributed by atoms with Gasteiger partial charge in [0.1, 0.15) is 5.82 Å². The Bertz CT molecular complexity index is 950. The van der Waals surface area contributed by atoms with Gasteiger partial charge in [0.25, 0.3) is 5.91 Å². The Morgan fingerprint density at radius 3 is 2.81 bits per heavy atom. The van der Waals surface area contributed by atoms with E-state index >= 15 is 0 Å². The molecular weight excluding hydrogens is 346 g/mol. The number of anilines is 2. The highest BCUT2D eigenvalue weighted by molar-refractivity contribution is 6.07. The molecule has 0 bridgehead atoms. The number of hydrogen-bond acceptors (Lipinski definition) is 7. The number of aryl methyl sites for hydroxylation is 1. The molecule has 0 radical (unpaired) electrons. The fraction of sp³-hybridized carbons (Fsp3) is 0.278. The maximum atomic E-state index is 12.9. The van der Waals surface area contributed by atoms with Crippen molar-refractivity contribution in [2.45, 2.75) is 0 Å². The van der Waals surface area contributed by atoms with Gasteiger partial charge < -0.3 is 15.0 Å². The fourth-order valence-electron chi connectivity index (χ4n) is 3.01. The number of tetrazole rings is 1. The summed E-state index contributed by atoms with van der Waals surface area (Å²) in [6, 6.07) is 11.0. The number of carbonyl (C=O) groups excluding carboxylic acids is 1. The molecule has 9 heteroatoms. The Kier molecular flexibility index (Phi) is 4.75. The van der Waals surface area contributed by atoms with E-state index in [9.17, 15) is 4.79 Å². The van der Waals surface area contributed by atoms with Crippen molar-refractivity contribution in [1.29, 1.82) is 0 Å². The minimum absolute atomic E-state index is 0.210. The summed E-state index contributed by atoms with van der Waals surface area (Å²) in [6.45, 7) is 2.69. The zero-order chi connectivity index (χ0) is 18.6. The monoisotopic (exact) mass is 365 g/mol. The van der Waals surface area contributed by atoms with Gasteiger partial charge >= 0.3 is 0 Å². The Hall–Kier alpha value is -3.33. The highest BCUT2D eigenvalue weighted by Gasteiger charge is 2.20. The zero-order valence-electron chi connectivity index (χ0n) is 14.9. The van der Waals surface area contributed by atoms with Crippen molar-refractivity contribution < 1.29 is 9.53 Å². The second-order valence-corrected chi connectivity index (χ2v) is 6.14. The number of nitrogens with one attached hydrogen (secondary N) is 1. The average molecular weight is 365 g/mol. The molecule has 2 aromatic heterocycles. The number of ether oxygens (including phenoxy) is 1. The molecular formula is C18H19N7O2. The van der Waals surface area contributed by atoms with Crippen molar-refractivity contribution in [2.75, 3.05) is 36.5 Å². The number of hydrogen-bond donors (Lipinski definition) is 1. The van der Waals surface area contributed by atoms with Crippen molar-refractivity contribution in [3.63, 3.8) is 0 Å². The SMILES string of the molecule is Cn1nnnc1-c1cccc(NC(=O)c2cccnc2N2CCOCC2)c1. The first-order valence-electron chi connectivity index (χ1n) is 8.64. The van der Waals surface area contributed by atoms with Gasteiger partial charge in [0.15, 0.2) is 5.82 Å². The van der Waals surface area contributed by atoms with Gasteiger partial charge in [-0.25, -0.2) is 9.67 Å². The third-order valence-corrected chi connectivity index (χ3v) is 4.34. The molecule has 4 rings (SSSR count). The molecule has 3 aromatic rings. The Balaban J connectivity index is 1.57. The van der Waals surface area contributed by atoms with E-state index in [1.165, 1.54) is 0 Å². The number of carbonyl (C=O) groups is 1. The van der Waals surface area contributed by atoms with Crippen LogP contribution < -0.4 is 10.2 Å². The predicted molar refractivity (Wildman–Crippen MR) is 99.5 cm³/mol. The highest BCUT2D eigenvalue weighted by atomic mass is 16.5. The van der Waals surface area contributed by atoms with E-state index in [0.717, 1.165) is 5.56 Å². The minimum Gasteiger partial charge on any atom is -0.378 e. The molecule has 1 aromatic carbocycles. The first kappa shape index (κ1) is 17.1. The number of nitrogens with zero attached hydrogens (tertiary/aromatic N) is 6. The quantitative estimate of drug-likeness (QED) is 0.745. The van der Waals surface area contributed by atoms with Crippen LogP contribution >= 0.6 is 0 Å². The van der Waals surface area contributed by atoms with Crippen LogP contribution in [0.3, 0.4) is 0 Å². The molecule has 0 atom stereocenters. The molecule has 1 aliphatic heterocycles. The van der Waals surface area contributed by atoms with E-state index in [1.807, 2.05) is 24.3 Å². The van der Waals surface area contributed by atoms with Gasteiger partial charge in [-0.3, -0.25) is 4.79 Å². The van der Waals surface area contributed by atoms with Crippen molar-refractivity contribution in [3.05, 3.63) is 48.2 Å². The van der Waals surface area contributed by atoms with Crippen molar-refractivity contribution in [3.8, 4) is 11.4 Å². The number of pyridine rings is 1. The van der Waals surface area contributed by atoms with Crippen LogP contribution in [0.15, 0.2) is 42.6 Å². The van der Waals surface area contributed by atoms with Gasteiger partial charge in [0.05, 0.1) is 18.8 Å². The van der Waals surface area contributed by atoms with Crippen LogP contribution in [0.4, 0.5) is 11.5 Å². The van der Waals surface area contributed by atoms with Gasteiger partial charge in [-0.05, 0) is 34.7 Å². The van der Waals surface area contributed by atoms with Gasteiger partial charge in [-0.2, -0.15) is 0 Å². The van der Waals surface area contributed by atoms with Crippen LogP contribution in [0.2, 0.25) is 0 Å². The van der Waals surface area contributed by atoms with E-state index in [1.54, 1.807) is 30.1 Å². The van der Waals surface area contributed by atoms with E-state index < -0.39 is 0 Å². The first-order valence-corrected chi connectivity index (χ1v) is 8.64. The van der Waals surface area contributed by atoms with Crippen LogP contribution in [0.5, 0.6) is 0 Å². The van der Waals surface area contributed by atoms with Crippen LogP contribution in [-0.4, -0.2) is 57.4 Å². The maximum Gasteiger partial charge on any atom is 0.259 e. The van der Waals surface area contributed by atoms with Crippen LogP contribution in [0.1, 0.15) is 10.4 Å². The molecule has 1 saturated heterocycles. The molecule has 1 amide bonds. The summed E-state index contributed by atoms with van der Waals surface area (Å²) in [5, 5.41) is 14.4. The minimum atomic E-state index is -0.210. The summed E-state index contributed by atoms with van der Waals surface area (Å²) >= 11 is 0. The fourth-order valence-corrected chi connectivity index (χ4v) is 3.01. The summed E-state index contributed by atoms with van der Waals surface area (Å²) < 4.78 is 6.97. The lowest BCUT2D eigenvalue weighted by Crippen LogP contribution is -2.38. The lowest BCUT2D eigenvalue weighted by molar-refractivity contribution is 0.102. The van der Waals surface area contributed by atoms with Crippen molar-refractivity contribution in [2.24, 2.45) is 7.05 Å². The molecule has 27 heavy (non-hydrogen) atoms. The topological polar surface area (TPSA) is 98.1 Å². The summed E-state index contributed by atoms with van der Waals surface area (Å²) in [7, 11) is 1.77. The Labute approximate surface area is 156 Å². The van der Waals surface area contributed by atoms with E-state index in [0.29, 0.717) is 49.2 Å². The third-order valence-electron chi connectivity index (χ3n) is 4.34. The standard InChI is InChI=1S/C18H19N7O2/c1-24-16(21-22-23-24)13-4-2-5-14(12-13)20-18(26)15-6-3-7-19-17(15)25-8-10-27-11-9-25/h2-7,12H,8-11H2,1H3,(H,20,26). The van der Waals surface area contributed by atoms with Crippen LogP contribution in [0.25, 0.3) is 11.4 Å². The van der Waals surface area contributed by atoms with E-state index in [2.05, 4.69) is 30.7 Å². The molecule has 9 nitrogen and oxygen atoms in total. The molecule has 1 fully saturated rings. The smallest absolute Gasteiger partial charge is 0.259 e. The number of amides is 1. The van der Waals surface area contributed by atoms with Gasteiger partial charge in [0.2, 0.25) is 0 Å². The summed E-state index contributed by atoms with van der Waals surface area (Å²) in [4.78, 5) is 19.4. The number of benzene rings is 1. The second-order valence-electron chi connectivity index (χ2n) is 6.14. The van der Waals surface area contributed by atoms with Crippen molar-refractivity contribution >= 4 is 17.4 Å². The van der Waals surface area contributed by atoms with Crippen LogP contribution in [-0.2, 0) is 11.8 Å². The lowest BCUT2D eigenvalue weighted by Gasteiger charge is -2.29. The molecule has 3 heterocycles. The molecule has 1 N–H and O–H groups in total. The molecule has 1 aliphatic rings. The molecule has 0 spiro atoms. The van der Waals surface area contributed by atoms with Crippen molar-refractivity contribution in [1.82, 2.24) is 25.2 Å². The molecule has 0 unspecified atom stereocenters. The van der Waals surface area contributed by atoms with Gasteiger partial charge in [-0.1, -0.05) is 12.1 Å². The first-order chi connectivity index (χ1) is 13.2. The van der Waals surface area contributed by atoms with Gasteiger partial charge in [0, 0.05) is 37.6 Å². The van der Waals surface area contributed by atoms with E-state index in [4.69, 9.17) is 4.74 Å².